The molecule has 0 radical (unpaired) electrons. The zero-order valence-corrected chi connectivity index (χ0v) is 10.3. The van der Waals surface area contributed by atoms with E-state index in [1.54, 1.807) is 24.3 Å². The van der Waals surface area contributed by atoms with E-state index in [0.717, 1.165) is 0 Å². The molecule has 0 unspecified atom stereocenters. The second-order valence-corrected chi connectivity index (χ2v) is 3.90. The average molecular weight is 250 g/mol. The Kier molecular flexibility index (Phi) is 5.87. The van der Waals surface area contributed by atoms with E-state index in [4.69, 9.17) is 5.11 Å². The lowest BCUT2D eigenvalue weighted by molar-refractivity contribution is -0.121. The molecule has 0 spiro atoms. The Morgan fingerprint density at radius 2 is 1.94 bits per heavy atom. The van der Waals surface area contributed by atoms with Gasteiger partial charge in [-0.25, -0.2) is 0 Å². The normalized spacial score (nSPS) is 11.7. The summed E-state index contributed by atoms with van der Waals surface area (Å²) < 4.78 is 0. The van der Waals surface area contributed by atoms with E-state index in [-0.39, 0.29) is 31.0 Å². The van der Waals surface area contributed by atoms with Crippen molar-refractivity contribution in [3.8, 4) is 0 Å². The highest BCUT2D eigenvalue weighted by Gasteiger charge is 2.10. The zero-order valence-electron chi connectivity index (χ0n) is 10.3. The summed E-state index contributed by atoms with van der Waals surface area (Å²) in [5.74, 6) is -0.594. The van der Waals surface area contributed by atoms with Gasteiger partial charge >= 0.3 is 0 Å². The van der Waals surface area contributed by atoms with E-state index in [0.29, 0.717) is 12.0 Å². The number of hydrogen-bond donors (Lipinski definition) is 3. The Balaban J connectivity index is 2.37. The van der Waals surface area contributed by atoms with Crippen molar-refractivity contribution in [2.75, 3.05) is 13.2 Å². The molecule has 1 aromatic rings. The number of rotatable bonds is 6. The van der Waals surface area contributed by atoms with Crippen molar-refractivity contribution >= 4 is 11.8 Å². The molecule has 5 heteroatoms. The van der Waals surface area contributed by atoms with Crippen LogP contribution < -0.4 is 10.6 Å². The van der Waals surface area contributed by atoms with Crippen molar-refractivity contribution in [1.82, 2.24) is 10.6 Å². The van der Waals surface area contributed by atoms with Crippen molar-refractivity contribution < 1.29 is 14.7 Å². The van der Waals surface area contributed by atoms with Gasteiger partial charge in [-0.3, -0.25) is 9.59 Å². The SMILES string of the molecule is CC[C@H](CO)NC(=O)CNC(=O)c1ccccc1. The molecule has 1 rings (SSSR count). The minimum absolute atomic E-state index is 0.0930. The number of carbonyl (C=O) groups is 2. The molecular weight excluding hydrogens is 232 g/mol. The lowest BCUT2D eigenvalue weighted by atomic mass is 10.2. The number of aliphatic hydroxyl groups is 1. The molecular formula is C13H18N2O3. The van der Waals surface area contributed by atoms with Crippen LogP contribution in [0.4, 0.5) is 0 Å². The molecule has 0 aliphatic heterocycles. The third-order valence-electron chi connectivity index (χ3n) is 2.52. The van der Waals surface area contributed by atoms with Crippen molar-refractivity contribution in [2.24, 2.45) is 0 Å². The molecule has 5 nitrogen and oxygen atoms in total. The molecule has 0 saturated heterocycles. The van der Waals surface area contributed by atoms with Gasteiger partial charge in [-0.05, 0) is 18.6 Å². The quantitative estimate of drug-likeness (QED) is 0.679. The maximum Gasteiger partial charge on any atom is 0.251 e. The van der Waals surface area contributed by atoms with E-state index >= 15 is 0 Å². The number of amides is 2. The molecule has 1 aromatic carbocycles. The predicted octanol–water partition coefficient (Wildman–Crippen LogP) is 0.303. The third-order valence-corrected chi connectivity index (χ3v) is 2.52. The molecule has 0 saturated carbocycles. The van der Waals surface area contributed by atoms with Crippen LogP contribution in [0, 0.1) is 0 Å². The smallest absolute Gasteiger partial charge is 0.251 e. The summed E-state index contributed by atoms with van der Waals surface area (Å²) in [7, 11) is 0. The molecule has 0 aromatic heterocycles. The fraction of sp³-hybridized carbons (Fsp3) is 0.385. The number of hydrogen-bond acceptors (Lipinski definition) is 3. The maximum absolute atomic E-state index is 11.6. The molecule has 0 heterocycles. The first-order valence-corrected chi connectivity index (χ1v) is 5.90. The van der Waals surface area contributed by atoms with Gasteiger partial charge in [0, 0.05) is 5.56 Å². The van der Waals surface area contributed by atoms with Crippen LogP contribution in [0.2, 0.25) is 0 Å². The molecule has 0 aliphatic carbocycles. The van der Waals surface area contributed by atoms with Crippen molar-refractivity contribution in [1.29, 1.82) is 0 Å². The molecule has 0 fully saturated rings. The minimum Gasteiger partial charge on any atom is -0.394 e. The maximum atomic E-state index is 11.6. The van der Waals surface area contributed by atoms with E-state index in [2.05, 4.69) is 10.6 Å². The van der Waals surface area contributed by atoms with Crippen LogP contribution in [0.3, 0.4) is 0 Å². The van der Waals surface area contributed by atoms with Crippen molar-refractivity contribution in [3.05, 3.63) is 35.9 Å². The summed E-state index contributed by atoms with van der Waals surface area (Å²) >= 11 is 0. The number of carbonyl (C=O) groups excluding carboxylic acids is 2. The Bertz CT molecular complexity index is 388. The van der Waals surface area contributed by atoms with E-state index < -0.39 is 0 Å². The van der Waals surface area contributed by atoms with Crippen LogP contribution >= 0.6 is 0 Å². The van der Waals surface area contributed by atoms with Gasteiger partial charge in [0.15, 0.2) is 0 Å². The van der Waals surface area contributed by atoms with Crippen molar-refractivity contribution in [3.63, 3.8) is 0 Å². The average Bonchev–Trinajstić information content (AvgIpc) is 2.43. The van der Waals surface area contributed by atoms with Gasteiger partial charge in [-0.1, -0.05) is 25.1 Å². The summed E-state index contributed by atoms with van der Waals surface area (Å²) in [4.78, 5) is 23.1. The second-order valence-electron chi connectivity index (χ2n) is 3.90. The summed E-state index contributed by atoms with van der Waals surface area (Å²) in [6, 6.07) is 8.43. The Morgan fingerprint density at radius 1 is 1.28 bits per heavy atom. The summed E-state index contributed by atoms with van der Waals surface area (Å²) in [5, 5.41) is 14.1. The third kappa shape index (κ3) is 4.55. The molecule has 18 heavy (non-hydrogen) atoms. The fourth-order valence-electron chi connectivity index (χ4n) is 1.41. The van der Waals surface area contributed by atoms with Gasteiger partial charge in [0.25, 0.3) is 5.91 Å². The first kappa shape index (κ1) is 14.2. The van der Waals surface area contributed by atoms with Gasteiger partial charge in [0.05, 0.1) is 19.2 Å². The van der Waals surface area contributed by atoms with E-state index in [9.17, 15) is 9.59 Å². The Morgan fingerprint density at radius 3 is 2.50 bits per heavy atom. The lowest BCUT2D eigenvalue weighted by Crippen LogP contribution is -2.43. The second kappa shape index (κ2) is 7.45. The lowest BCUT2D eigenvalue weighted by Gasteiger charge is -2.14. The first-order valence-electron chi connectivity index (χ1n) is 5.90. The summed E-state index contributed by atoms with van der Waals surface area (Å²) in [5.41, 5.74) is 0.513. The van der Waals surface area contributed by atoms with Gasteiger partial charge in [0.2, 0.25) is 5.91 Å². The molecule has 0 aliphatic rings. The number of benzene rings is 1. The van der Waals surface area contributed by atoms with Gasteiger partial charge in [0.1, 0.15) is 0 Å². The van der Waals surface area contributed by atoms with Gasteiger partial charge in [-0.15, -0.1) is 0 Å². The summed E-state index contributed by atoms with van der Waals surface area (Å²) in [6.07, 6.45) is 0.648. The van der Waals surface area contributed by atoms with Crippen LogP contribution in [0.25, 0.3) is 0 Å². The monoisotopic (exact) mass is 250 g/mol. The van der Waals surface area contributed by atoms with Crippen molar-refractivity contribution in [2.45, 2.75) is 19.4 Å². The molecule has 2 amide bonds. The van der Waals surface area contributed by atoms with E-state index in [1.807, 2.05) is 13.0 Å². The first-order chi connectivity index (χ1) is 8.67. The molecule has 1 atom stereocenters. The summed E-state index contributed by atoms with van der Waals surface area (Å²) in [6.45, 7) is 1.67. The number of nitrogens with one attached hydrogen (secondary N) is 2. The zero-order chi connectivity index (χ0) is 13.4. The van der Waals surface area contributed by atoms with Crippen LogP contribution in [0.15, 0.2) is 30.3 Å². The largest absolute Gasteiger partial charge is 0.394 e. The molecule has 98 valence electrons. The Hall–Kier alpha value is -1.88. The molecule has 3 N–H and O–H groups in total. The highest BCUT2D eigenvalue weighted by Crippen LogP contribution is 1.97. The minimum atomic E-state index is -0.305. The predicted molar refractivity (Wildman–Crippen MR) is 68.1 cm³/mol. The fourth-order valence-corrected chi connectivity index (χ4v) is 1.41. The number of aliphatic hydroxyl groups excluding tert-OH is 1. The van der Waals surface area contributed by atoms with Crippen LogP contribution in [-0.2, 0) is 4.79 Å². The van der Waals surface area contributed by atoms with Crippen LogP contribution in [-0.4, -0.2) is 36.1 Å². The Labute approximate surface area is 106 Å². The van der Waals surface area contributed by atoms with Crippen LogP contribution in [0.1, 0.15) is 23.7 Å². The molecule has 0 bridgehead atoms. The van der Waals surface area contributed by atoms with E-state index in [1.165, 1.54) is 0 Å². The highest BCUT2D eigenvalue weighted by molar-refractivity contribution is 5.96. The van der Waals surface area contributed by atoms with Gasteiger partial charge < -0.3 is 15.7 Å². The van der Waals surface area contributed by atoms with Gasteiger partial charge in [-0.2, -0.15) is 0 Å². The standard InChI is InChI=1S/C13H18N2O3/c1-2-11(9-16)15-12(17)8-14-13(18)10-6-4-3-5-7-10/h3-7,11,16H,2,8-9H2,1H3,(H,14,18)(H,15,17)/t11-/m1/s1. The highest BCUT2D eigenvalue weighted by atomic mass is 16.3. The van der Waals surface area contributed by atoms with Crippen LogP contribution in [0.5, 0.6) is 0 Å². The topological polar surface area (TPSA) is 78.4 Å².